The molecule has 1 aliphatic carbocycles. The van der Waals surface area contributed by atoms with Gasteiger partial charge in [0.1, 0.15) is 16.7 Å². The molecule has 4 rings (SSSR count). The summed E-state index contributed by atoms with van der Waals surface area (Å²) in [7, 11) is 0. The minimum Gasteiger partial charge on any atom is -0.348 e. The van der Waals surface area contributed by atoms with Crippen LogP contribution in [0.25, 0.3) is 10.9 Å². The van der Waals surface area contributed by atoms with Crippen LogP contribution >= 0.6 is 11.6 Å². The molecule has 7 heteroatoms. The topological polar surface area (TPSA) is 57.8 Å². The lowest BCUT2D eigenvalue weighted by Gasteiger charge is -2.12. The third kappa shape index (κ3) is 2.98. The Kier molecular flexibility index (Phi) is 3.92. The van der Waals surface area contributed by atoms with Gasteiger partial charge in [-0.15, -0.1) is 0 Å². The molecule has 0 atom stereocenters. The molecule has 2 N–H and O–H groups in total. The summed E-state index contributed by atoms with van der Waals surface area (Å²) < 4.78 is 27.1. The first-order chi connectivity index (χ1) is 12.0. The number of aromatic amines is 1. The second-order valence-corrected chi connectivity index (χ2v) is 6.55. The molecule has 2 aromatic carbocycles. The van der Waals surface area contributed by atoms with E-state index in [0.717, 1.165) is 41.4 Å². The van der Waals surface area contributed by atoms with Crippen molar-refractivity contribution in [1.82, 2.24) is 15.5 Å². The van der Waals surface area contributed by atoms with Gasteiger partial charge in [0.15, 0.2) is 0 Å². The molecule has 1 heterocycles. The van der Waals surface area contributed by atoms with Gasteiger partial charge in [-0.2, -0.15) is 5.10 Å². The zero-order chi connectivity index (χ0) is 17.6. The van der Waals surface area contributed by atoms with E-state index in [2.05, 4.69) is 15.5 Å². The van der Waals surface area contributed by atoms with Gasteiger partial charge in [0.2, 0.25) is 0 Å². The average Bonchev–Trinajstić information content (AvgIpc) is 3.33. The van der Waals surface area contributed by atoms with E-state index in [1.54, 1.807) is 6.20 Å². The predicted molar refractivity (Wildman–Crippen MR) is 90.6 cm³/mol. The molecule has 128 valence electrons. The number of nitrogens with one attached hydrogen (secondary N) is 2. The number of amides is 1. The van der Waals surface area contributed by atoms with E-state index in [9.17, 15) is 13.6 Å². The highest BCUT2D eigenvalue weighted by Crippen LogP contribution is 2.43. The lowest BCUT2D eigenvalue weighted by atomic mass is 9.99. The van der Waals surface area contributed by atoms with Crippen molar-refractivity contribution in [1.29, 1.82) is 0 Å². The molecule has 1 saturated carbocycles. The molecule has 4 nitrogen and oxygen atoms in total. The number of carbonyl (C=O) groups excluding carboxylic acids is 1. The van der Waals surface area contributed by atoms with Crippen LogP contribution in [0.15, 0.2) is 30.5 Å². The molecule has 0 saturated heterocycles. The first kappa shape index (κ1) is 16.0. The van der Waals surface area contributed by atoms with Gasteiger partial charge in [-0.25, -0.2) is 8.78 Å². The van der Waals surface area contributed by atoms with E-state index in [1.807, 2.05) is 12.1 Å². The van der Waals surface area contributed by atoms with Gasteiger partial charge in [-0.1, -0.05) is 17.7 Å². The van der Waals surface area contributed by atoms with Gasteiger partial charge in [-0.3, -0.25) is 9.89 Å². The summed E-state index contributed by atoms with van der Waals surface area (Å²) in [6.07, 6.45) is 3.97. The first-order valence-corrected chi connectivity index (χ1v) is 8.30. The highest BCUT2D eigenvalue weighted by molar-refractivity contribution is 6.31. The second-order valence-electron chi connectivity index (χ2n) is 6.18. The Bertz CT molecular complexity index is 959. The van der Waals surface area contributed by atoms with Crippen LogP contribution in [0.3, 0.4) is 0 Å². The fourth-order valence-corrected chi connectivity index (χ4v) is 3.13. The molecule has 0 spiro atoms. The van der Waals surface area contributed by atoms with Crippen LogP contribution in [0, 0.1) is 11.6 Å². The second kappa shape index (κ2) is 6.11. The van der Waals surface area contributed by atoms with Crippen LogP contribution in [0.4, 0.5) is 8.78 Å². The van der Waals surface area contributed by atoms with Gasteiger partial charge < -0.3 is 5.32 Å². The van der Waals surface area contributed by atoms with Crippen LogP contribution in [0.1, 0.15) is 40.2 Å². The average molecular weight is 362 g/mol. The van der Waals surface area contributed by atoms with Gasteiger partial charge in [-0.05, 0) is 48.1 Å². The molecule has 0 unspecified atom stereocenters. The van der Waals surface area contributed by atoms with Crippen molar-refractivity contribution in [2.45, 2.75) is 25.3 Å². The van der Waals surface area contributed by atoms with Crippen molar-refractivity contribution < 1.29 is 13.6 Å². The third-order valence-electron chi connectivity index (χ3n) is 4.46. The highest BCUT2D eigenvalue weighted by Gasteiger charge is 2.27. The summed E-state index contributed by atoms with van der Waals surface area (Å²) in [4.78, 5) is 12.3. The van der Waals surface area contributed by atoms with E-state index in [-0.39, 0.29) is 12.1 Å². The minimum atomic E-state index is -0.956. The van der Waals surface area contributed by atoms with Crippen molar-refractivity contribution in [2.24, 2.45) is 0 Å². The Morgan fingerprint density at radius 2 is 2.00 bits per heavy atom. The molecule has 1 amide bonds. The summed E-state index contributed by atoms with van der Waals surface area (Å²) in [6.45, 7) is 0.257. The lowest BCUT2D eigenvalue weighted by molar-refractivity contribution is 0.0950. The van der Waals surface area contributed by atoms with Crippen molar-refractivity contribution in [3.05, 3.63) is 63.8 Å². The number of hydrogen-bond donors (Lipinski definition) is 2. The monoisotopic (exact) mass is 361 g/mol. The van der Waals surface area contributed by atoms with Crippen molar-refractivity contribution in [3.63, 3.8) is 0 Å². The first-order valence-electron chi connectivity index (χ1n) is 7.92. The quantitative estimate of drug-likeness (QED) is 0.681. The zero-order valence-electron chi connectivity index (χ0n) is 13.1. The number of benzene rings is 2. The molecule has 0 aliphatic heterocycles. The number of aromatic nitrogens is 2. The van der Waals surface area contributed by atoms with Crippen LogP contribution in [-0.2, 0) is 6.54 Å². The standard InChI is InChI=1S/C18H14ClF2N3O/c19-17-14(20)5-10(6-15(17)21)18(25)22-7-12-11(9-1-2-9)3-4-16-13(12)8-23-24-16/h3-6,8-9H,1-2,7H2,(H,22,25)(H,23,24). The summed E-state index contributed by atoms with van der Waals surface area (Å²) in [5, 5.41) is 10.0. The van der Waals surface area contributed by atoms with Crippen molar-refractivity contribution in [2.75, 3.05) is 0 Å². The largest absolute Gasteiger partial charge is 0.348 e. The number of H-pyrrole nitrogens is 1. The molecule has 25 heavy (non-hydrogen) atoms. The van der Waals surface area contributed by atoms with Crippen molar-refractivity contribution in [3.8, 4) is 0 Å². The molecular formula is C18H14ClF2N3O. The third-order valence-corrected chi connectivity index (χ3v) is 4.82. The van der Waals surface area contributed by atoms with Crippen LogP contribution in [-0.4, -0.2) is 16.1 Å². The van der Waals surface area contributed by atoms with E-state index >= 15 is 0 Å². The fourth-order valence-electron chi connectivity index (χ4n) is 3.02. The van der Waals surface area contributed by atoms with E-state index in [4.69, 9.17) is 11.6 Å². The summed E-state index contributed by atoms with van der Waals surface area (Å²) in [5.74, 6) is -1.97. The van der Waals surface area contributed by atoms with Crippen LogP contribution < -0.4 is 5.32 Å². The zero-order valence-corrected chi connectivity index (χ0v) is 13.8. The van der Waals surface area contributed by atoms with Gasteiger partial charge >= 0.3 is 0 Å². The van der Waals surface area contributed by atoms with E-state index in [1.165, 1.54) is 5.56 Å². The maximum atomic E-state index is 13.5. The van der Waals surface area contributed by atoms with E-state index in [0.29, 0.717) is 5.92 Å². The molecule has 0 radical (unpaired) electrons. The Morgan fingerprint density at radius 3 is 2.68 bits per heavy atom. The molecule has 3 aromatic rings. The normalized spacial score (nSPS) is 14.0. The molecule has 1 aliphatic rings. The highest BCUT2D eigenvalue weighted by atomic mass is 35.5. The Balaban J connectivity index is 1.61. The molecule has 1 fully saturated rings. The van der Waals surface area contributed by atoms with Crippen LogP contribution in [0.2, 0.25) is 5.02 Å². The van der Waals surface area contributed by atoms with Gasteiger partial charge in [0.25, 0.3) is 5.91 Å². The Morgan fingerprint density at radius 1 is 1.28 bits per heavy atom. The minimum absolute atomic E-state index is 0.105. The SMILES string of the molecule is O=C(NCc1c(C2CC2)ccc2[nH]ncc12)c1cc(F)c(Cl)c(F)c1. The Labute approximate surface area is 147 Å². The summed E-state index contributed by atoms with van der Waals surface area (Å²) in [6, 6.07) is 5.88. The van der Waals surface area contributed by atoms with Crippen molar-refractivity contribution >= 4 is 28.4 Å². The molecule has 0 bridgehead atoms. The molecular weight excluding hydrogens is 348 g/mol. The maximum absolute atomic E-state index is 13.5. The fraction of sp³-hybridized carbons (Fsp3) is 0.222. The summed E-state index contributed by atoms with van der Waals surface area (Å²) in [5.41, 5.74) is 2.95. The number of fused-ring (bicyclic) bond motifs is 1. The van der Waals surface area contributed by atoms with Crippen LogP contribution in [0.5, 0.6) is 0 Å². The maximum Gasteiger partial charge on any atom is 0.251 e. The van der Waals surface area contributed by atoms with E-state index < -0.39 is 22.6 Å². The number of hydrogen-bond acceptors (Lipinski definition) is 2. The van der Waals surface area contributed by atoms with Gasteiger partial charge in [0.05, 0.1) is 11.7 Å². The lowest BCUT2D eigenvalue weighted by Crippen LogP contribution is -2.24. The Hall–Kier alpha value is -2.47. The number of carbonyl (C=O) groups is 1. The smallest absolute Gasteiger partial charge is 0.251 e. The predicted octanol–water partition coefficient (Wildman–Crippen LogP) is 4.30. The number of nitrogens with zero attached hydrogens (tertiary/aromatic N) is 1. The van der Waals surface area contributed by atoms with Gasteiger partial charge in [0, 0.05) is 17.5 Å². The summed E-state index contributed by atoms with van der Waals surface area (Å²) >= 11 is 5.45. The molecule has 1 aromatic heterocycles. The number of halogens is 3. The number of rotatable bonds is 4.